The van der Waals surface area contributed by atoms with Crippen molar-refractivity contribution in [2.75, 3.05) is 25.2 Å². The third-order valence-electron chi connectivity index (χ3n) is 5.30. The topological polar surface area (TPSA) is 75.9 Å². The predicted octanol–water partition coefficient (Wildman–Crippen LogP) is 4.94. The van der Waals surface area contributed by atoms with Gasteiger partial charge in [-0.15, -0.1) is 21.5 Å². The molecule has 7 nitrogen and oxygen atoms in total. The fourth-order valence-electron chi connectivity index (χ4n) is 3.23. The molecule has 0 aliphatic carbocycles. The Labute approximate surface area is 206 Å². The molecule has 1 amide bonds. The number of amides is 1. The molecule has 2 heterocycles. The first-order valence-electron chi connectivity index (χ1n) is 10.7. The third-order valence-corrected chi connectivity index (χ3v) is 7.02. The van der Waals surface area contributed by atoms with E-state index < -0.39 is 0 Å². The average Bonchev–Trinajstić information content (AvgIpc) is 3.45. The molecule has 1 atom stereocenters. The van der Waals surface area contributed by atoms with E-state index in [1.54, 1.807) is 12.1 Å². The largest absolute Gasteiger partial charge is 0.301 e. The number of thioether (sulfide) groups is 1. The molecular formula is C24H25FN6OS2. The van der Waals surface area contributed by atoms with Gasteiger partial charge < -0.3 is 9.88 Å². The van der Waals surface area contributed by atoms with Gasteiger partial charge in [-0.05, 0) is 50.8 Å². The first kappa shape index (κ1) is 24.1. The molecule has 0 fully saturated rings. The molecule has 4 aromatic rings. The number of carbonyl (C=O) groups is 1. The van der Waals surface area contributed by atoms with Crippen LogP contribution in [0.5, 0.6) is 0 Å². The van der Waals surface area contributed by atoms with Gasteiger partial charge in [-0.2, -0.15) is 0 Å². The number of thiazole rings is 1. The van der Waals surface area contributed by atoms with Crippen LogP contribution in [-0.4, -0.2) is 50.4 Å². The Morgan fingerprint density at radius 2 is 1.88 bits per heavy atom. The number of benzene rings is 2. The van der Waals surface area contributed by atoms with Crippen molar-refractivity contribution in [1.82, 2.24) is 24.6 Å². The summed E-state index contributed by atoms with van der Waals surface area (Å²) >= 11 is 2.67. The first-order valence-corrected chi connectivity index (χ1v) is 12.5. The van der Waals surface area contributed by atoms with Crippen molar-refractivity contribution in [3.63, 3.8) is 0 Å². The zero-order valence-electron chi connectivity index (χ0n) is 19.1. The zero-order valence-corrected chi connectivity index (χ0v) is 20.7. The quantitative estimate of drug-likeness (QED) is 0.331. The summed E-state index contributed by atoms with van der Waals surface area (Å²) in [4.78, 5) is 19.1. The van der Waals surface area contributed by atoms with E-state index in [-0.39, 0.29) is 23.5 Å². The highest BCUT2D eigenvalue weighted by molar-refractivity contribution is 7.99. The fourth-order valence-corrected chi connectivity index (χ4v) is 4.71. The van der Waals surface area contributed by atoms with Gasteiger partial charge in [-0.3, -0.25) is 9.69 Å². The highest BCUT2D eigenvalue weighted by atomic mass is 32.2. The molecule has 176 valence electrons. The summed E-state index contributed by atoms with van der Waals surface area (Å²) < 4.78 is 15.2. The standard InChI is InChI=1S/C24H25FN6OS2/c1-16(30(2)3)22-28-29-24(31(22)13-17-7-5-4-6-8-17)34-15-21(32)27-23-26-20(14-33-23)18-9-11-19(25)12-10-18/h4-12,14,16H,13,15H2,1-3H3,(H,26,27,32)/t16-/m1/s1. The van der Waals surface area contributed by atoms with Crippen molar-refractivity contribution in [2.24, 2.45) is 0 Å². The Hall–Kier alpha value is -3.08. The van der Waals surface area contributed by atoms with Gasteiger partial charge in [0.05, 0.1) is 24.0 Å². The molecule has 0 radical (unpaired) electrons. The zero-order chi connectivity index (χ0) is 24.1. The number of anilines is 1. The minimum Gasteiger partial charge on any atom is -0.301 e. The van der Waals surface area contributed by atoms with Crippen molar-refractivity contribution in [3.8, 4) is 11.3 Å². The Kier molecular flexibility index (Phi) is 7.71. The van der Waals surface area contributed by atoms with Crippen LogP contribution in [0, 0.1) is 5.82 Å². The number of nitrogens with one attached hydrogen (secondary N) is 1. The Balaban J connectivity index is 1.43. The van der Waals surface area contributed by atoms with Crippen molar-refractivity contribution in [3.05, 3.63) is 77.2 Å². The highest BCUT2D eigenvalue weighted by Crippen LogP contribution is 2.27. The Morgan fingerprint density at radius 3 is 2.59 bits per heavy atom. The lowest BCUT2D eigenvalue weighted by atomic mass is 10.2. The molecule has 4 rings (SSSR count). The average molecular weight is 497 g/mol. The van der Waals surface area contributed by atoms with E-state index in [0.717, 1.165) is 17.0 Å². The summed E-state index contributed by atoms with van der Waals surface area (Å²) in [6.07, 6.45) is 0. The summed E-state index contributed by atoms with van der Waals surface area (Å²) in [6.45, 7) is 2.70. The maximum absolute atomic E-state index is 13.1. The molecule has 0 aliphatic heterocycles. The van der Waals surface area contributed by atoms with Crippen molar-refractivity contribution >= 4 is 34.1 Å². The second-order valence-corrected chi connectivity index (χ2v) is 9.73. The van der Waals surface area contributed by atoms with Crippen LogP contribution in [0.1, 0.15) is 24.4 Å². The van der Waals surface area contributed by atoms with E-state index in [4.69, 9.17) is 0 Å². The summed E-state index contributed by atoms with van der Waals surface area (Å²) in [5.74, 6) is 0.546. The minimum absolute atomic E-state index is 0.0691. The van der Waals surface area contributed by atoms with Gasteiger partial charge in [0.2, 0.25) is 5.91 Å². The highest BCUT2D eigenvalue weighted by Gasteiger charge is 2.21. The molecule has 2 aromatic heterocycles. The van der Waals surface area contributed by atoms with E-state index >= 15 is 0 Å². The van der Waals surface area contributed by atoms with Gasteiger partial charge in [-0.25, -0.2) is 9.37 Å². The molecule has 2 aromatic carbocycles. The van der Waals surface area contributed by atoms with Gasteiger partial charge in [0, 0.05) is 10.9 Å². The van der Waals surface area contributed by atoms with Crippen molar-refractivity contribution in [1.29, 1.82) is 0 Å². The maximum Gasteiger partial charge on any atom is 0.236 e. The van der Waals surface area contributed by atoms with Gasteiger partial charge in [0.25, 0.3) is 0 Å². The summed E-state index contributed by atoms with van der Waals surface area (Å²) in [5, 5.41) is 14.7. The van der Waals surface area contributed by atoms with Gasteiger partial charge >= 0.3 is 0 Å². The van der Waals surface area contributed by atoms with Crippen LogP contribution in [0.15, 0.2) is 65.1 Å². The maximum atomic E-state index is 13.1. The molecule has 10 heteroatoms. The number of nitrogens with zero attached hydrogens (tertiary/aromatic N) is 5. The summed E-state index contributed by atoms with van der Waals surface area (Å²) in [6, 6.07) is 16.3. The van der Waals surface area contributed by atoms with Gasteiger partial charge in [0.1, 0.15) is 5.82 Å². The smallest absolute Gasteiger partial charge is 0.236 e. The van der Waals surface area contributed by atoms with Crippen LogP contribution in [0.4, 0.5) is 9.52 Å². The van der Waals surface area contributed by atoms with E-state index in [2.05, 4.69) is 49.0 Å². The SMILES string of the molecule is C[C@H](c1nnc(SCC(=O)Nc2nc(-c3ccc(F)cc3)cs2)n1Cc1ccccc1)N(C)C. The molecular weight excluding hydrogens is 471 g/mol. The molecule has 34 heavy (non-hydrogen) atoms. The third kappa shape index (κ3) is 5.88. The van der Waals surface area contributed by atoms with E-state index in [9.17, 15) is 9.18 Å². The van der Waals surface area contributed by atoms with Crippen LogP contribution in [0.2, 0.25) is 0 Å². The first-order chi connectivity index (χ1) is 16.4. The molecule has 0 saturated carbocycles. The normalized spacial score (nSPS) is 12.1. The van der Waals surface area contributed by atoms with Crippen LogP contribution in [0.25, 0.3) is 11.3 Å². The van der Waals surface area contributed by atoms with Crippen LogP contribution < -0.4 is 5.32 Å². The van der Waals surface area contributed by atoms with Gasteiger partial charge in [0.15, 0.2) is 16.1 Å². The van der Waals surface area contributed by atoms with E-state index in [1.165, 1.54) is 35.2 Å². The minimum atomic E-state index is -0.298. The van der Waals surface area contributed by atoms with E-state index in [1.807, 2.05) is 37.7 Å². The second kappa shape index (κ2) is 10.9. The molecule has 1 N–H and O–H groups in total. The number of halogens is 1. The molecule has 0 bridgehead atoms. The summed E-state index contributed by atoms with van der Waals surface area (Å²) in [7, 11) is 4.00. The lowest BCUT2D eigenvalue weighted by Crippen LogP contribution is -2.21. The lowest BCUT2D eigenvalue weighted by Gasteiger charge is -2.20. The van der Waals surface area contributed by atoms with Crippen LogP contribution >= 0.6 is 23.1 Å². The summed E-state index contributed by atoms with van der Waals surface area (Å²) in [5.41, 5.74) is 2.62. The monoisotopic (exact) mass is 496 g/mol. The number of hydrogen-bond donors (Lipinski definition) is 1. The van der Waals surface area contributed by atoms with E-state index in [0.29, 0.717) is 22.5 Å². The Morgan fingerprint density at radius 1 is 1.15 bits per heavy atom. The molecule has 0 spiro atoms. The number of rotatable bonds is 9. The number of carbonyl (C=O) groups excluding carboxylic acids is 1. The van der Waals surface area contributed by atoms with Gasteiger partial charge in [-0.1, -0.05) is 42.1 Å². The van der Waals surface area contributed by atoms with Crippen molar-refractivity contribution in [2.45, 2.75) is 24.7 Å². The van der Waals surface area contributed by atoms with Crippen LogP contribution in [0.3, 0.4) is 0 Å². The molecule has 0 unspecified atom stereocenters. The number of aromatic nitrogens is 4. The molecule has 0 aliphatic rings. The van der Waals surface area contributed by atoms with Crippen LogP contribution in [-0.2, 0) is 11.3 Å². The number of hydrogen-bond acceptors (Lipinski definition) is 7. The predicted molar refractivity (Wildman–Crippen MR) is 135 cm³/mol. The fraction of sp³-hybridized carbons (Fsp3) is 0.250. The second-order valence-electron chi connectivity index (χ2n) is 7.93. The lowest BCUT2D eigenvalue weighted by molar-refractivity contribution is -0.113. The Bertz CT molecular complexity index is 1240. The molecule has 0 saturated heterocycles. The van der Waals surface area contributed by atoms with Crippen molar-refractivity contribution < 1.29 is 9.18 Å².